The molecule has 6 heteroatoms. The Morgan fingerprint density at radius 3 is 2.67 bits per heavy atom. The number of nitriles is 1. The predicted octanol–water partition coefficient (Wildman–Crippen LogP) is 4.94. The molecule has 0 saturated heterocycles. The Balaban J connectivity index is 2.39. The number of para-hydroxylation sites is 1. The number of imidazole rings is 1. The molecule has 0 aliphatic carbocycles. The van der Waals surface area contributed by atoms with Gasteiger partial charge < -0.3 is 0 Å². The van der Waals surface area contributed by atoms with Crippen LogP contribution in [0.2, 0.25) is 10.0 Å². The van der Waals surface area contributed by atoms with Crippen molar-refractivity contribution in [3.8, 4) is 11.8 Å². The van der Waals surface area contributed by atoms with Crippen LogP contribution in [-0.2, 0) is 5.88 Å². The maximum atomic E-state index is 9.07. The van der Waals surface area contributed by atoms with E-state index >= 15 is 0 Å². The van der Waals surface area contributed by atoms with E-state index in [-0.39, 0.29) is 5.88 Å². The number of nitrogens with zero attached hydrogens (tertiary/aromatic N) is 3. The fourth-order valence-corrected chi connectivity index (χ4v) is 2.82. The lowest BCUT2D eigenvalue weighted by Gasteiger charge is -2.10. The maximum Gasteiger partial charge on any atom is 0.129 e. The second kappa shape index (κ2) is 5.57. The molecule has 1 aromatic heterocycles. The summed E-state index contributed by atoms with van der Waals surface area (Å²) in [5, 5.41) is 10.1. The summed E-state index contributed by atoms with van der Waals surface area (Å²) in [6, 6.07) is 12.7. The molecule has 0 atom stereocenters. The smallest absolute Gasteiger partial charge is 0.129 e. The molecule has 0 bridgehead atoms. The summed E-state index contributed by atoms with van der Waals surface area (Å²) in [6.07, 6.45) is 0. The zero-order chi connectivity index (χ0) is 15.0. The molecule has 3 nitrogen and oxygen atoms in total. The first-order valence-corrected chi connectivity index (χ1v) is 7.36. The molecule has 0 fully saturated rings. The summed E-state index contributed by atoms with van der Waals surface area (Å²) < 4.78 is 1.83. The molecular formula is C15H8Cl3N3. The van der Waals surface area contributed by atoms with Crippen molar-refractivity contribution in [2.45, 2.75) is 5.88 Å². The highest BCUT2D eigenvalue weighted by atomic mass is 35.5. The molecule has 1 heterocycles. The topological polar surface area (TPSA) is 41.6 Å². The van der Waals surface area contributed by atoms with Crippen LogP contribution in [0, 0.1) is 11.3 Å². The standard InChI is InChI=1S/C15H8Cl3N3/c16-7-14-20-15-11(18)2-1-3-12(15)21(14)13-6-9(8-19)4-5-10(13)17/h1-6H,7H2. The van der Waals surface area contributed by atoms with Crippen LogP contribution >= 0.6 is 34.8 Å². The molecule has 0 saturated carbocycles. The van der Waals surface area contributed by atoms with Gasteiger partial charge in [-0.2, -0.15) is 5.26 Å². The normalized spacial score (nSPS) is 10.8. The quantitative estimate of drug-likeness (QED) is 0.622. The summed E-state index contributed by atoms with van der Waals surface area (Å²) in [6.45, 7) is 0. The molecule has 0 radical (unpaired) electrons. The molecule has 104 valence electrons. The van der Waals surface area contributed by atoms with E-state index in [0.29, 0.717) is 32.6 Å². The van der Waals surface area contributed by atoms with Gasteiger partial charge >= 0.3 is 0 Å². The van der Waals surface area contributed by atoms with Crippen LogP contribution in [0.3, 0.4) is 0 Å². The second-order valence-electron chi connectivity index (χ2n) is 4.38. The Labute approximate surface area is 136 Å². The number of halogens is 3. The largest absolute Gasteiger partial charge is 0.294 e. The number of aromatic nitrogens is 2. The first-order valence-electron chi connectivity index (χ1n) is 6.07. The van der Waals surface area contributed by atoms with Gasteiger partial charge in [-0.3, -0.25) is 4.57 Å². The molecule has 0 aliphatic heterocycles. The van der Waals surface area contributed by atoms with Gasteiger partial charge in [-0.15, -0.1) is 11.6 Å². The van der Waals surface area contributed by atoms with Crippen molar-refractivity contribution in [1.29, 1.82) is 5.26 Å². The molecule has 0 amide bonds. The molecule has 0 aliphatic rings. The van der Waals surface area contributed by atoms with Gasteiger partial charge in [0, 0.05) is 0 Å². The average Bonchev–Trinajstić information content (AvgIpc) is 2.88. The fraction of sp³-hybridized carbons (Fsp3) is 0.0667. The lowest BCUT2D eigenvalue weighted by molar-refractivity contribution is 0.981. The summed E-state index contributed by atoms with van der Waals surface area (Å²) >= 11 is 18.5. The summed E-state index contributed by atoms with van der Waals surface area (Å²) in [4.78, 5) is 4.46. The van der Waals surface area contributed by atoms with Crippen molar-refractivity contribution in [1.82, 2.24) is 9.55 Å². The molecule has 21 heavy (non-hydrogen) atoms. The predicted molar refractivity (Wildman–Crippen MR) is 85.4 cm³/mol. The molecule has 3 aromatic rings. The van der Waals surface area contributed by atoms with E-state index in [2.05, 4.69) is 11.1 Å². The third-order valence-corrected chi connectivity index (χ3v) is 4.00. The van der Waals surface area contributed by atoms with Gasteiger partial charge in [-0.1, -0.05) is 29.3 Å². The minimum atomic E-state index is 0.206. The number of fused-ring (bicyclic) bond motifs is 1. The van der Waals surface area contributed by atoms with Crippen molar-refractivity contribution in [2.75, 3.05) is 0 Å². The van der Waals surface area contributed by atoms with Crippen molar-refractivity contribution in [2.24, 2.45) is 0 Å². The Bertz CT molecular complexity index is 878. The number of benzene rings is 2. The van der Waals surface area contributed by atoms with E-state index in [9.17, 15) is 0 Å². The van der Waals surface area contributed by atoms with E-state index in [4.69, 9.17) is 40.1 Å². The van der Waals surface area contributed by atoms with Gasteiger partial charge in [0.05, 0.1) is 38.8 Å². The van der Waals surface area contributed by atoms with Crippen LogP contribution < -0.4 is 0 Å². The Kier molecular flexibility index (Phi) is 3.77. The molecule has 0 N–H and O–H groups in total. The molecule has 0 spiro atoms. The van der Waals surface area contributed by atoms with E-state index in [1.165, 1.54) is 0 Å². The number of hydrogen-bond donors (Lipinski definition) is 0. The lowest BCUT2D eigenvalue weighted by atomic mass is 10.2. The van der Waals surface area contributed by atoms with Gasteiger partial charge in [-0.25, -0.2) is 4.98 Å². The number of alkyl halides is 1. The van der Waals surface area contributed by atoms with E-state index in [1.54, 1.807) is 24.3 Å². The zero-order valence-electron chi connectivity index (χ0n) is 10.6. The van der Waals surface area contributed by atoms with Gasteiger partial charge in [0.2, 0.25) is 0 Å². The van der Waals surface area contributed by atoms with E-state index in [0.717, 1.165) is 5.52 Å². The monoisotopic (exact) mass is 335 g/mol. The lowest BCUT2D eigenvalue weighted by Crippen LogP contribution is -2.00. The van der Waals surface area contributed by atoms with Crippen LogP contribution in [-0.4, -0.2) is 9.55 Å². The maximum absolute atomic E-state index is 9.07. The SMILES string of the molecule is N#Cc1ccc(Cl)c(-n2c(CCl)nc3c(Cl)cccc32)c1. The average molecular weight is 337 g/mol. The van der Waals surface area contributed by atoms with Crippen molar-refractivity contribution >= 4 is 45.8 Å². The second-order valence-corrected chi connectivity index (χ2v) is 5.46. The summed E-state index contributed by atoms with van der Waals surface area (Å²) in [5.74, 6) is 0.828. The van der Waals surface area contributed by atoms with Crippen molar-refractivity contribution < 1.29 is 0 Å². The van der Waals surface area contributed by atoms with Crippen molar-refractivity contribution in [3.05, 3.63) is 57.8 Å². The Morgan fingerprint density at radius 1 is 1.14 bits per heavy atom. The highest BCUT2D eigenvalue weighted by molar-refractivity contribution is 6.35. The first kappa shape index (κ1) is 14.2. The Hall–Kier alpha value is -1.73. The van der Waals surface area contributed by atoms with Crippen LogP contribution in [0.4, 0.5) is 0 Å². The Morgan fingerprint density at radius 2 is 1.95 bits per heavy atom. The fourth-order valence-electron chi connectivity index (χ4n) is 2.23. The summed E-state index contributed by atoms with van der Waals surface area (Å²) in [5.41, 5.74) is 2.64. The van der Waals surface area contributed by atoms with Gasteiger partial charge in [0.25, 0.3) is 0 Å². The third-order valence-electron chi connectivity index (χ3n) is 3.14. The number of rotatable bonds is 2. The van der Waals surface area contributed by atoms with Crippen molar-refractivity contribution in [3.63, 3.8) is 0 Å². The minimum absolute atomic E-state index is 0.206. The van der Waals surface area contributed by atoms with E-state index in [1.807, 2.05) is 16.7 Å². The van der Waals surface area contributed by atoms with E-state index < -0.39 is 0 Å². The molecule has 3 rings (SSSR count). The summed E-state index contributed by atoms with van der Waals surface area (Å²) in [7, 11) is 0. The van der Waals surface area contributed by atoms with Gasteiger partial charge in [0.15, 0.2) is 0 Å². The van der Waals surface area contributed by atoms with Gasteiger partial charge in [-0.05, 0) is 30.3 Å². The van der Waals surface area contributed by atoms with Crippen LogP contribution in [0.1, 0.15) is 11.4 Å². The van der Waals surface area contributed by atoms with Crippen LogP contribution in [0.15, 0.2) is 36.4 Å². The van der Waals surface area contributed by atoms with Crippen LogP contribution in [0.5, 0.6) is 0 Å². The van der Waals surface area contributed by atoms with Gasteiger partial charge in [0.1, 0.15) is 11.3 Å². The molecule has 2 aromatic carbocycles. The highest BCUT2D eigenvalue weighted by Crippen LogP contribution is 2.31. The molecule has 0 unspecified atom stereocenters. The minimum Gasteiger partial charge on any atom is -0.294 e. The molecular weight excluding hydrogens is 329 g/mol. The number of hydrogen-bond acceptors (Lipinski definition) is 2. The highest BCUT2D eigenvalue weighted by Gasteiger charge is 2.16. The van der Waals surface area contributed by atoms with Crippen LogP contribution in [0.25, 0.3) is 16.7 Å². The first-order chi connectivity index (χ1) is 10.2. The third kappa shape index (κ3) is 2.36. The zero-order valence-corrected chi connectivity index (χ0v) is 12.9.